The molecule has 0 aromatic rings. The van der Waals surface area contributed by atoms with Gasteiger partial charge >= 0.3 is 5.97 Å². The summed E-state index contributed by atoms with van der Waals surface area (Å²) in [5.41, 5.74) is 0. The standard InChI is InChI=1S/C10H18O3/c1-3-4-6-13-10(11)9-5-7-12-8(9)2/h8-9H,3-7H2,1-2H3. The van der Waals surface area contributed by atoms with Crippen molar-refractivity contribution in [3.63, 3.8) is 0 Å². The largest absolute Gasteiger partial charge is 0.465 e. The summed E-state index contributed by atoms with van der Waals surface area (Å²) in [6.45, 7) is 5.25. The van der Waals surface area contributed by atoms with Crippen molar-refractivity contribution >= 4 is 5.97 Å². The molecule has 0 radical (unpaired) electrons. The van der Waals surface area contributed by atoms with E-state index in [2.05, 4.69) is 6.92 Å². The van der Waals surface area contributed by atoms with Crippen LogP contribution in [0.4, 0.5) is 0 Å². The van der Waals surface area contributed by atoms with Crippen molar-refractivity contribution in [1.82, 2.24) is 0 Å². The van der Waals surface area contributed by atoms with Gasteiger partial charge in [-0.15, -0.1) is 0 Å². The van der Waals surface area contributed by atoms with Gasteiger partial charge in [-0.2, -0.15) is 0 Å². The van der Waals surface area contributed by atoms with Gasteiger partial charge in [0.05, 0.1) is 18.6 Å². The Labute approximate surface area is 79.4 Å². The van der Waals surface area contributed by atoms with E-state index in [1.165, 1.54) is 0 Å². The van der Waals surface area contributed by atoms with Crippen molar-refractivity contribution < 1.29 is 14.3 Å². The van der Waals surface area contributed by atoms with Crippen LogP contribution in [0.1, 0.15) is 33.1 Å². The number of ether oxygens (including phenoxy) is 2. The van der Waals surface area contributed by atoms with Crippen LogP contribution in [0.2, 0.25) is 0 Å². The number of hydrogen-bond acceptors (Lipinski definition) is 3. The molecule has 2 atom stereocenters. The first kappa shape index (κ1) is 10.5. The van der Waals surface area contributed by atoms with Crippen LogP contribution in [0.5, 0.6) is 0 Å². The molecule has 1 fully saturated rings. The van der Waals surface area contributed by atoms with E-state index < -0.39 is 0 Å². The second-order valence-electron chi connectivity index (χ2n) is 3.49. The van der Waals surface area contributed by atoms with Crippen molar-refractivity contribution in [2.75, 3.05) is 13.2 Å². The van der Waals surface area contributed by atoms with Gasteiger partial charge in [-0.25, -0.2) is 0 Å². The SMILES string of the molecule is CCCCOC(=O)C1CCOC1C. The maximum atomic E-state index is 11.4. The Morgan fingerprint density at radius 3 is 2.92 bits per heavy atom. The summed E-state index contributed by atoms with van der Waals surface area (Å²) in [4.78, 5) is 11.4. The van der Waals surface area contributed by atoms with Crippen LogP contribution in [0.3, 0.4) is 0 Å². The van der Waals surface area contributed by atoms with Crippen LogP contribution in [-0.4, -0.2) is 25.3 Å². The molecule has 0 bridgehead atoms. The molecule has 0 aliphatic carbocycles. The Morgan fingerprint density at radius 2 is 2.38 bits per heavy atom. The molecular formula is C10H18O3. The predicted octanol–water partition coefficient (Wildman–Crippen LogP) is 1.75. The number of hydrogen-bond donors (Lipinski definition) is 0. The molecule has 3 nitrogen and oxygen atoms in total. The van der Waals surface area contributed by atoms with Crippen molar-refractivity contribution in [2.24, 2.45) is 5.92 Å². The zero-order valence-corrected chi connectivity index (χ0v) is 8.41. The maximum Gasteiger partial charge on any atom is 0.311 e. The van der Waals surface area contributed by atoms with Crippen molar-refractivity contribution in [1.29, 1.82) is 0 Å². The van der Waals surface area contributed by atoms with Gasteiger partial charge < -0.3 is 9.47 Å². The molecule has 13 heavy (non-hydrogen) atoms. The fourth-order valence-electron chi connectivity index (χ4n) is 1.47. The van der Waals surface area contributed by atoms with E-state index in [0.717, 1.165) is 19.3 Å². The number of esters is 1. The van der Waals surface area contributed by atoms with E-state index in [4.69, 9.17) is 9.47 Å². The van der Waals surface area contributed by atoms with Gasteiger partial charge in [0.25, 0.3) is 0 Å². The van der Waals surface area contributed by atoms with Crippen molar-refractivity contribution in [2.45, 2.75) is 39.2 Å². The summed E-state index contributed by atoms with van der Waals surface area (Å²) in [5.74, 6) is -0.115. The molecule has 0 N–H and O–H groups in total. The molecule has 0 amide bonds. The second-order valence-corrected chi connectivity index (χ2v) is 3.49. The zero-order valence-electron chi connectivity index (χ0n) is 8.41. The van der Waals surface area contributed by atoms with Crippen LogP contribution in [0.25, 0.3) is 0 Å². The number of carbonyl (C=O) groups excluding carboxylic acids is 1. The lowest BCUT2D eigenvalue weighted by atomic mass is 10.0. The van der Waals surface area contributed by atoms with E-state index in [9.17, 15) is 4.79 Å². The van der Waals surface area contributed by atoms with Crippen LogP contribution >= 0.6 is 0 Å². The number of unbranched alkanes of at least 4 members (excludes halogenated alkanes) is 1. The third kappa shape index (κ3) is 2.99. The minimum atomic E-state index is -0.0848. The summed E-state index contributed by atoms with van der Waals surface area (Å²) in [7, 11) is 0. The van der Waals surface area contributed by atoms with E-state index >= 15 is 0 Å². The molecule has 1 saturated heterocycles. The molecule has 1 rings (SSSR count). The summed E-state index contributed by atoms with van der Waals surface area (Å²) >= 11 is 0. The molecule has 2 unspecified atom stereocenters. The first-order valence-electron chi connectivity index (χ1n) is 5.04. The molecule has 0 saturated carbocycles. The minimum absolute atomic E-state index is 0.0307. The lowest BCUT2D eigenvalue weighted by Crippen LogP contribution is -2.24. The Morgan fingerprint density at radius 1 is 1.62 bits per heavy atom. The lowest BCUT2D eigenvalue weighted by molar-refractivity contribution is -0.150. The van der Waals surface area contributed by atoms with Crippen molar-refractivity contribution in [3.05, 3.63) is 0 Å². The third-order valence-corrected chi connectivity index (χ3v) is 2.42. The quantitative estimate of drug-likeness (QED) is 0.495. The molecule has 0 aromatic carbocycles. The van der Waals surface area contributed by atoms with E-state index in [-0.39, 0.29) is 18.0 Å². The van der Waals surface area contributed by atoms with Gasteiger partial charge in [-0.1, -0.05) is 13.3 Å². The highest BCUT2D eigenvalue weighted by molar-refractivity contribution is 5.73. The van der Waals surface area contributed by atoms with Gasteiger partial charge in [-0.05, 0) is 19.8 Å². The Balaban J connectivity index is 2.22. The molecule has 3 heteroatoms. The van der Waals surface area contributed by atoms with Gasteiger partial charge in [0.1, 0.15) is 0 Å². The molecule has 1 aliphatic heterocycles. The molecule has 1 heterocycles. The monoisotopic (exact) mass is 186 g/mol. The molecule has 1 aliphatic rings. The van der Waals surface area contributed by atoms with Crippen molar-refractivity contribution in [3.8, 4) is 0 Å². The van der Waals surface area contributed by atoms with Crippen LogP contribution in [0, 0.1) is 5.92 Å². The first-order valence-corrected chi connectivity index (χ1v) is 5.04. The molecule has 76 valence electrons. The third-order valence-electron chi connectivity index (χ3n) is 2.42. The van der Waals surface area contributed by atoms with E-state index in [1.807, 2.05) is 6.92 Å². The maximum absolute atomic E-state index is 11.4. The fourth-order valence-corrected chi connectivity index (χ4v) is 1.47. The van der Waals surface area contributed by atoms with Crippen LogP contribution in [0.15, 0.2) is 0 Å². The zero-order chi connectivity index (χ0) is 9.68. The summed E-state index contributed by atoms with van der Waals surface area (Å²) in [6, 6.07) is 0. The fraction of sp³-hybridized carbons (Fsp3) is 0.900. The summed E-state index contributed by atoms with van der Waals surface area (Å²) < 4.78 is 10.4. The molecular weight excluding hydrogens is 168 g/mol. The molecule has 0 spiro atoms. The minimum Gasteiger partial charge on any atom is -0.465 e. The topological polar surface area (TPSA) is 35.5 Å². The van der Waals surface area contributed by atoms with Crippen LogP contribution in [-0.2, 0) is 14.3 Å². The molecule has 0 aromatic heterocycles. The predicted molar refractivity (Wildman–Crippen MR) is 49.4 cm³/mol. The summed E-state index contributed by atoms with van der Waals surface area (Å²) in [6.07, 6.45) is 2.86. The first-order chi connectivity index (χ1) is 6.25. The van der Waals surface area contributed by atoms with Gasteiger partial charge in [0, 0.05) is 6.61 Å². The van der Waals surface area contributed by atoms with E-state index in [0.29, 0.717) is 13.2 Å². The Hall–Kier alpha value is -0.570. The average molecular weight is 186 g/mol. The highest BCUT2D eigenvalue weighted by Crippen LogP contribution is 2.21. The number of carbonyl (C=O) groups is 1. The normalized spacial score (nSPS) is 27.5. The van der Waals surface area contributed by atoms with Gasteiger partial charge in [-0.3, -0.25) is 4.79 Å². The second kappa shape index (κ2) is 5.22. The highest BCUT2D eigenvalue weighted by Gasteiger charge is 2.31. The van der Waals surface area contributed by atoms with Gasteiger partial charge in [0.15, 0.2) is 0 Å². The number of rotatable bonds is 4. The van der Waals surface area contributed by atoms with E-state index in [1.54, 1.807) is 0 Å². The smallest absolute Gasteiger partial charge is 0.311 e. The average Bonchev–Trinajstić information content (AvgIpc) is 2.52. The Kier molecular flexibility index (Phi) is 4.22. The summed E-state index contributed by atoms with van der Waals surface area (Å²) in [5, 5.41) is 0. The van der Waals surface area contributed by atoms with Gasteiger partial charge in [0.2, 0.25) is 0 Å². The Bertz CT molecular complexity index is 168. The lowest BCUT2D eigenvalue weighted by Gasteiger charge is -2.12. The highest BCUT2D eigenvalue weighted by atomic mass is 16.5. The van der Waals surface area contributed by atoms with Crippen LogP contribution < -0.4 is 0 Å².